The summed E-state index contributed by atoms with van der Waals surface area (Å²) >= 11 is 0. The average Bonchev–Trinajstić information content (AvgIpc) is 2.92. The lowest BCUT2D eigenvalue weighted by atomic mass is 9.97. The van der Waals surface area contributed by atoms with Gasteiger partial charge in [0, 0.05) is 6.54 Å². The first-order valence-electron chi connectivity index (χ1n) is 8.27. The van der Waals surface area contributed by atoms with Crippen LogP contribution in [0.1, 0.15) is 50.5 Å². The first-order chi connectivity index (χ1) is 10.6. The molecular formula is C18H28N2O2. The third-order valence-corrected chi connectivity index (χ3v) is 4.37. The molecule has 0 radical (unpaired) electrons. The molecule has 0 aliphatic heterocycles. The summed E-state index contributed by atoms with van der Waals surface area (Å²) in [5, 5.41) is 3.05. The van der Waals surface area contributed by atoms with Crippen LogP contribution in [0, 0.1) is 6.92 Å². The zero-order valence-electron chi connectivity index (χ0n) is 14.0. The fraction of sp³-hybridized carbons (Fsp3) is 0.611. The first-order valence-corrected chi connectivity index (χ1v) is 8.27. The average molecular weight is 304 g/mol. The molecule has 0 aromatic carbocycles. The number of carbonyl (C=O) groups is 1. The Kier molecular flexibility index (Phi) is 6.25. The molecule has 1 aromatic rings. The molecule has 1 amide bonds. The minimum Gasteiger partial charge on any atom is -0.465 e. The number of allylic oxidation sites excluding steroid dienone is 1. The number of nitrogens with zero attached hydrogens (tertiary/aromatic N) is 1. The van der Waals surface area contributed by atoms with E-state index in [9.17, 15) is 4.79 Å². The van der Waals surface area contributed by atoms with Crippen molar-refractivity contribution in [2.45, 2.75) is 58.5 Å². The van der Waals surface area contributed by atoms with Crippen molar-refractivity contribution < 1.29 is 9.21 Å². The lowest BCUT2D eigenvalue weighted by Crippen LogP contribution is -2.43. The zero-order chi connectivity index (χ0) is 15.9. The van der Waals surface area contributed by atoms with Crippen LogP contribution in [-0.4, -0.2) is 30.4 Å². The summed E-state index contributed by atoms with van der Waals surface area (Å²) in [4.78, 5) is 14.2. The van der Waals surface area contributed by atoms with Crippen LogP contribution in [0.2, 0.25) is 0 Å². The van der Waals surface area contributed by atoms with E-state index in [1.165, 1.54) is 31.3 Å². The second kappa shape index (κ2) is 8.18. The number of nitrogens with one attached hydrogen (secondary N) is 1. The highest BCUT2D eigenvalue weighted by Crippen LogP contribution is 2.19. The van der Waals surface area contributed by atoms with Crippen molar-refractivity contribution in [3.05, 3.63) is 35.3 Å². The highest BCUT2D eigenvalue weighted by molar-refractivity contribution is 5.81. The molecule has 1 aliphatic rings. The first kappa shape index (κ1) is 16.8. The number of hydrogen-bond acceptors (Lipinski definition) is 3. The SMILES string of the molecule is Cc1ccc(CN(C)C(C)C(=O)NCCC2=CCCCC2)o1. The van der Waals surface area contributed by atoms with Crippen LogP contribution in [0.25, 0.3) is 0 Å². The monoisotopic (exact) mass is 304 g/mol. The van der Waals surface area contributed by atoms with E-state index in [0.29, 0.717) is 6.54 Å². The molecule has 1 aromatic heterocycles. The number of carbonyl (C=O) groups excluding carboxylic acids is 1. The Bertz CT molecular complexity index is 519. The Balaban J connectivity index is 1.72. The molecule has 0 fully saturated rings. The Morgan fingerprint density at radius 1 is 1.41 bits per heavy atom. The number of rotatable bonds is 7. The molecule has 1 heterocycles. The Hall–Kier alpha value is -1.55. The summed E-state index contributed by atoms with van der Waals surface area (Å²) in [6.07, 6.45) is 8.32. The number of aryl methyl sites for hydroxylation is 1. The molecule has 122 valence electrons. The van der Waals surface area contributed by atoms with Crippen molar-refractivity contribution in [1.82, 2.24) is 10.2 Å². The maximum absolute atomic E-state index is 12.2. The van der Waals surface area contributed by atoms with Crippen LogP contribution in [-0.2, 0) is 11.3 Å². The van der Waals surface area contributed by atoms with Crippen molar-refractivity contribution in [1.29, 1.82) is 0 Å². The van der Waals surface area contributed by atoms with Gasteiger partial charge in [0.05, 0.1) is 12.6 Å². The van der Waals surface area contributed by atoms with Gasteiger partial charge in [0.15, 0.2) is 0 Å². The molecule has 0 bridgehead atoms. The number of amides is 1. The van der Waals surface area contributed by atoms with Crippen LogP contribution < -0.4 is 5.32 Å². The van der Waals surface area contributed by atoms with Crippen LogP contribution in [0.15, 0.2) is 28.2 Å². The molecule has 0 saturated carbocycles. The van der Waals surface area contributed by atoms with E-state index in [0.717, 1.165) is 24.5 Å². The minimum absolute atomic E-state index is 0.0854. The third kappa shape index (κ3) is 5.02. The molecule has 4 nitrogen and oxygen atoms in total. The van der Waals surface area contributed by atoms with Gasteiger partial charge in [-0.25, -0.2) is 0 Å². The molecule has 0 saturated heterocycles. The van der Waals surface area contributed by atoms with Crippen molar-refractivity contribution in [3.63, 3.8) is 0 Å². The highest BCUT2D eigenvalue weighted by Gasteiger charge is 2.18. The quantitative estimate of drug-likeness (QED) is 0.785. The Morgan fingerprint density at radius 2 is 2.23 bits per heavy atom. The van der Waals surface area contributed by atoms with E-state index >= 15 is 0 Å². The van der Waals surface area contributed by atoms with Crippen molar-refractivity contribution in [3.8, 4) is 0 Å². The summed E-state index contributed by atoms with van der Waals surface area (Å²) < 4.78 is 5.56. The highest BCUT2D eigenvalue weighted by atomic mass is 16.3. The molecule has 1 unspecified atom stereocenters. The van der Waals surface area contributed by atoms with Gasteiger partial charge >= 0.3 is 0 Å². The van der Waals surface area contributed by atoms with Crippen LogP contribution in [0.4, 0.5) is 0 Å². The summed E-state index contributed by atoms with van der Waals surface area (Å²) in [5.74, 6) is 1.88. The zero-order valence-corrected chi connectivity index (χ0v) is 14.0. The fourth-order valence-electron chi connectivity index (χ4n) is 2.78. The fourth-order valence-corrected chi connectivity index (χ4v) is 2.78. The number of likely N-dealkylation sites (N-methyl/N-ethyl adjacent to an activating group) is 1. The second-order valence-electron chi connectivity index (χ2n) is 6.25. The summed E-state index contributed by atoms with van der Waals surface area (Å²) in [5.41, 5.74) is 1.50. The topological polar surface area (TPSA) is 45.5 Å². The minimum atomic E-state index is -0.161. The van der Waals surface area contributed by atoms with Crippen LogP contribution >= 0.6 is 0 Å². The normalized spacial score (nSPS) is 16.5. The Labute approximate surface area is 133 Å². The van der Waals surface area contributed by atoms with Crippen molar-refractivity contribution in [2.24, 2.45) is 0 Å². The van der Waals surface area contributed by atoms with Gasteiger partial charge in [-0.05, 0) is 65.1 Å². The molecule has 4 heteroatoms. The standard InChI is InChI=1S/C18H28N2O2/c1-14-9-10-17(22-14)13-20(3)15(2)18(21)19-12-11-16-7-5-4-6-8-16/h7,9-10,15H,4-6,8,11-13H2,1-3H3,(H,19,21). The smallest absolute Gasteiger partial charge is 0.237 e. The molecule has 1 atom stereocenters. The van der Waals surface area contributed by atoms with Gasteiger partial charge in [0.2, 0.25) is 5.91 Å². The third-order valence-electron chi connectivity index (χ3n) is 4.37. The van der Waals surface area contributed by atoms with Gasteiger partial charge in [-0.2, -0.15) is 0 Å². The van der Waals surface area contributed by atoms with E-state index in [2.05, 4.69) is 11.4 Å². The van der Waals surface area contributed by atoms with Gasteiger partial charge < -0.3 is 9.73 Å². The maximum Gasteiger partial charge on any atom is 0.237 e. The van der Waals surface area contributed by atoms with E-state index in [4.69, 9.17) is 4.42 Å². The molecule has 0 spiro atoms. The van der Waals surface area contributed by atoms with E-state index in [1.54, 1.807) is 0 Å². The van der Waals surface area contributed by atoms with E-state index < -0.39 is 0 Å². The Morgan fingerprint density at radius 3 is 2.86 bits per heavy atom. The van der Waals surface area contributed by atoms with Crippen LogP contribution in [0.3, 0.4) is 0 Å². The maximum atomic E-state index is 12.2. The van der Waals surface area contributed by atoms with Gasteiger partial charge in [0.1, 0.15) is 11.5 Å². The van der Waals surface area contributed by atoms with Gasteiger partial charge in [-0.3, -0.25) is 9.69 Å². The van der Waals surface area contributed by atoms with E-state index in [1.807, 2.05) is 37.9 Å². The van der Waals surface area contributed by atoms with Crippen LogP contribution in [0.5, 0.6) is 0 Å². The van der Waals surface area contributed by atoms with Gasteiger partial charge in [0.25, 0.3) is 0 Å². The largest absolute Gasteiger partial charge is 0.465 e. The van der Waals surface area contributed by atoms with E-state index in [-0.39, 0.29) is 11.9 Å². The number of furan rings is 1. The van der Waals surface area contributed by atoms with Gasteiger partial charge in [-0.1, -0.05) is 11.6 Å². The number of hydrogen-bond donors (Lipinski definition) is 1. The van der Waals surface area contributed by atoms with Crippen molar-refractivity contribution in [2.75, 3.05) is 13.6 Å². The predicted octanol–water partition coefficient (Wildman–Crippen LogP) is 3.42. The summed E-state index contributed by atoms with van der Waals surface area (Å²) in [7, 11) is 1.95. The molecule has 1 aliphatic carbocycles. The van der Waals surface area contributed by atoms with Crippen molar-refractivity contribution >= 4 is 5.91 Å². The lowest BCUT2D eigenvalue weighted by molar-refractivity contribution is -0.125. The second-order valence-corrected chi connectivity index (χ2v) is 6.25. The van der Waals surface area contributed by atoms with Gasteiger partial charge in [-0.15, -0.1) is 0 Å². The molecule has 22 heavy (non-hydrogen) atoms. The molecule has 1 N–H and O–H groups in total. The summed E-state index contributed by atoms with van der Waals surface area (Å²) in [6, 6.07) is 3.75. The lowest BCUT2D eigenvalue weighted by Gasteiger charge is -2.23. The predicted molar refractivity (Wildman–Crippen MR) is 88.6 cm³/mol. The molecular weight excluding hydrogens is 276 g/mol. The summed E-state index contributed by atoms with van der Waals surface area (Å²) in [6.45, 7) is 5.25. The molecule has 2 rings (SSSR count).